The second-order valence-corrected chi connectivity index (χ2v) is 8.84. The lowest BCUT2D eigenvalue weighted by atomic mass is 9.76. The van der Waals surface area contributed by atoms with Gasteiger partial charge in [-0.05, 0) is 68.7 Å². The number of phenols is 1. The zero-order chi connectivity index (χ0) is 19.0. The summed E-state index contributed by atoms with van der Waals surface area (Å²) in [5.74, 6) is 1.70. The Bertz CT molecular complexity index is 1090. The van der Waals surface area contributed by atoms with Gasteiger partial charge >= 0.3 is 0 Å². The third-order valence-electron chi connectivity index (χ3n) is 6.61. The summed E-state index contributed by atoms with van der Waals surface area (Å²) in [6.45, 7) is 2.83. The first-order valence-electron chi connectivity index (χ1n) is 10.1. The number of furan rings is 1. The molecular formula is C22H23N3O3. The Morgan fingerprint density at radius 2 is 2.00 bits per heavy atom. The molecule has 0 saturated heterocycles. The second-order valence-electron chi connectivity index (χ2n) is 8.84. The molecule has 144 valence electrons. The van der Waals surface area contributed by atoms with Crippen LogP contribution in [0.15, 0.2) is 28.9 Å². The van der Waals surface area contributed by atoms with E-state index in [9.17, 15) is 10.2 Å². The van der Waals surface area contributed by atoms with Crippen LogP contribution in [0, 0.1) is 0 Å². The summed E-state index contributed by atoms with van der Waals surface area (Å²) in [5.41, 5.74) is 4.21. The number of hydrogen-bond acceptors (Lipinski definition) is 6. The summed E-state index contributed by atoms with van der Waals surface area (Å²) in [7, 11) is 0. The zero-order valence-corrected chi connectivity index (χ0v) is 15.9. The Balaban J connectivity index is 1.47. The Kier molecular flexibility index (Phi) is 3.20. The molecule has 2 saturated carbocycles. The van der Waals surface area contributed by atoms with Crippen molar-refractivity contribution in [1.82, 2.24) is 10.2 Å². The highest BCUT2D eigenvalue weighted by Crippen LogP contribution is 2.51. The minimum Gasteiger partial charge on any atom is -0.506 e. The minimum atomic E-state index is -0.550. The van der Waals surface area contributed by atoms with Crippen molar-refractivity contribution in [2.24, 2.45) is 0 Å². The number of hydrogen-bond donors (Lipinski definition) is 2. The third kappa shape index (κ3) is 2.30. The van der Waals surface area contributed by atoms with Gasteiger partial charge in [0.2, 0.25) is 0 Å². The molecule has 2 aromatic heterocycles. The highest BCUT2D eigenvalue weighted by Gasteiger charge is 2.45. The van der Waals surface area contributed by atoms with Crippen LogP contribution >= 0.6 is 0 Å². The van der Waals surface area contributed by atoms with E-state index in [4.69, 9.17) is 4.42 Å². The number of fused-ring (bicyclic) bond motifs is 2. The fraction of sp³-hybridized carbons (Fsp3) is 0.455. The molecular weight excluding hydrogens is 354 g/mol. The summed E-state index contributed by atoms with van der Waals surface area (Å²) < 4.78 is 5.41. The molecule has 2 N–H and O–H groups in total. The van der Waals surface area contributed by atoms with Crippen LogP contribution in [-0.2, 0) is 6.42 Å². The minimum absolute atomic E-state index is 0.215. The van der Waals surface area contributed by atoms with Crippen molar-refractivity contribution in [2.75, 3.05) is 11.4 Å². The average molecular weight is 377 g/mol. The number of aliphatic hydroxyl groups is 1. The molecule has 3 aromatic rings. The molecule has 1 aliphatic heterocycles. The molecule has 0 amide bonds. The molecule has 6 rings (SSSR count). The first-order chi connectivity index (χ1) is 13.5. The summed E-state index contributed by atoms with van der Waals surface area (Å²) in [6.07, 6.45) is 6.45. The number of aromatic hydroxyl groups is 1. The molecule has 0 atom stereocenters. The van der Waals surface area contributed by atoms with Gasteiger partial charge in [-0.2, -0.15) is 0 Å². The summed E-state index contributed by atoms with van der Waals surface area (Å²) in [6, 6.07) is 5.91. The molecule has 3 heterocycles. The quantitative estimate of drug-likeness (QED) is 0.723. The third-order valence-corrected chi connectivity index (χ3v) is 6.61. The summed E-state index contributed by atoms with van der Waals surface area (Å²) in [5, 5.41) is 30.9. The molecule has 28 heavy (non-hydrogen) atoms. The maximum atomic E-state index is 10.8. The van der Waals surface area contributed by atoms with Crippen molar-refractivity contribution in [2.45, 2.75) is 56.6 Å². The normalized spacial score (nSPS) is 26.5. The number of benzene rings is 1. The smallest absolute Gasteiger partial charge is 0.155 e. The second kappa shape index (κ2) is 5.47. The van der Waals surface area contributed by atoms with Gasteiger partial charge in [-0.3, -0.25) is 0 Å². The van der Waals surface area contributed by atoms with E-state index in [-0.39, 0.29) is 5.75 Å². The maximum Gasteiger partial charge on any atom is 0.155 e. The predicted octanol–water partition coefficient (Wildman–Crippen LogP) is 3.75. The molecule has 2 fully saturated rings. The van der Waals surface area contributed by atoms with Crippen molar-refractivity contribution < 1.29 is 14.6 Å². The number of phenolic OH excluding ortho intramolecular Hbond substituents is 1. The van der Waals surface area contributed by atoms with E-state index < -0.39 is 5.60 Å². The van der Waals surface area contributed by atoms with Crippen LogP contribution in [-0.4, -0.2) is 38.6 Å². The molecule has 0 unspecified atom stereocenters. The summed E-state index contributed by atoms with van der Waals surface area (Å²) in [4.78, 5) is 2.33. The van der Waals surface area contributed by atoms with Crippen molar-refractivity contribution in [3.8, 4) is 17.0 Å². The molecule has 0 spiro atoms. The molecule has 2 aliphatic carbocycles. The molecule has 6 nitrogen and oxygen atoms in total. The Hall–Kier alpha value is -2.60. The average Bonchev–Trinajstić information content (AvgIpc) is 3.21. The van der Waals surface area contributed by atoms with Crippen molar-refractivity contribution in [3.05, 3.63) is 35.6 Å². The number of anilines is 1. The molecule has 6 heteroatoms. The first kappa shape index (κ1) is 16.4. The van der Waals surface area contributed by atoms with Crippen LogP contribution in [0.25, 0.3) is 22.2 Å². The Labute approximate surface area is 162 Å². The highest BCUT2D eigenvalue weighted by molar-refractivity contribution is 5.92. The van der Waals surface area contributed by atoms with Gasteiger partial charge in [0.25, 0.3) is 0 Å². The number of rotatable bonds is 3. The lowest BCUT2D eigenvalue weighted by molar-refractivity contribution is -0.0307. The van der Waals surface area contributed by atoms with Gasteiger partial charge in [-0.1, -0.05) is 0 Å². The number of nitrogens with zero attached hydrogens (tertiary/aromatic N) is 3. The van der Waals surface area contributed by atoms with E-state index in [0.717, 1.165) is 55.7 Å². The van der Waals surface area contributed by atoms with Crippen LogP contribution in [0.1, 0.15) is 49.7 Å². The molecule has 0 bridgehead atoms. The fourth-order valence-corrected chi connectivity index (χ4v) is 5.05. The Morgan fingerprint density at radius 3 is 2.75 bits per heavy atom. The van der Waals surface area contributed by atoms with Gasteiger partial charge < -0.3 is 19.5 Å². The summed E-state index contributed by atoms with van der Waals surface area (Å²) >= 11 is 0. The van der Waals surface area contributed by atoms with Gasteiger partial charge in [0, 0.05) is 23.7 Å². The van der Waals surface area contributed by atoms with E-state index in [2.05, 4.69) is 15.1 Å². The molecule has 1 aromatic carbocycles. The van der Waals surface area contributed by atoms with Gasteiger partial charge in [0.15, 0.2) is 5.82 Å². The SMILES string of the molecule is CC1(O)CC(N2CCc3c2nnc(-c2ccc4occc4c2O)c3C2CC2)C1. The van der Waals surface area contributed by atoms with Crippen LogP contribution in [0.5, 0.6) is 5.75 Å². The van der Waals surface area contributed by atoms with E-state index in [1.807, 2.05) is 19.1 Å². The van der Waals surface area contributed by atoms with Crippen molar-refractivity contribution in [3.63, 3.8) is 0 Å². The molecule has 3 aliphatic rings. The fourth-order valence-electron chi connectivity index (χ4n) is 5.05. The lowest BCUT2D eigenvalue weighted by Crippen LogP contribution is -2.53. The van der Waals surface area contributed by atoms with Crippen LogP contribution in [0.3, 0.4) is 0 Å². The van der Waals surface area contributed by atoms with Gasteiger partial charge in [-0.15, -0.1) is 10.2 Å². The Morgan fingerprint density at radius 1 is 1.18 bits per heavy atom. The van der Waals surface area contributed by atoms with Crippen LogP contribution in [0.2, 0.25) is 0 Å². The molecule has 0 radical (unpaired) electrons. The van der Waals surface area contributed by atoms with Gasteiger partial charge in [0.1, 0.15) is 17.0 Å². The largest absolute Gasteiger partial charge is 0.506 e. The van der Waals surface area contributed by atoms with E-state index >= 15 is 0 Å². The maximum absolute atomic E-state index is 10.8. The zero-order valence-electron chi connectivity index (χ0n) is 15.9. The van der Waals surface area contributed by atoms with E-state index in [0.29, 0.717) is 22.9 Å². The van der Waals surface area contributed by atoms with E-state index in [1.165, 1.54) is 11.1 Å². The van der Waals surface area contributed by atoms with Crippen molar-refractivity contribution >= 4 is 16.8 Å². The monoisotopic (exact) mass is 377 g/mol. The standard InChI is InChI=1S/C22H23N3O3/c1-22(27)10-13(11-22)25-8-6-15-18(12-2-3-12)19(23-24-21(15)25)16-4-5-17-14(20(16)26)7-9-28-17/h4-5,7,9,12-13,26-27H,2-3,6,8,10-11H2,1H3. The van der Waals surface area contributed by atoms with Gasteiger partial charge in [0.05, 0.1) is 17.3 Å². The number of aromatic nitrogens is 2. The topological polar surface area (TPSA) is 82.6 Å². The van der Waals surface area contributed by atoms with Crippen LogP contribution in [0.4, 0.5) is 5.82 Å². The first-order valence-corrected chi connectivity index (χ1v) is 10.1. The highest BCUT2D eigenvalue weighted by atomic mass is 16.3. The van der Waals surface area contributed by atoms with Crippen LogP contribution < -0.4 is 4.90 Å². The predicted molar refractivity (Wildman–Crippen MR) is 106 cm³/mol. The van der Waals surface area contributed by atoms with Crippen molar-refractivity contribution in [1.29, 1.82) is 0 Å². The van der Waals surface area contributed by atoms with E-state index in [1.54, 1.807) is 12.3 Å². The lowest BCUT2D eigenvalue weighted by Gasteiger charge is -2.46. The van der Waals surface area contributed by atoms with Gasteiger partial charge in [-0.25, -0.2) is 0 Å².